The van der Waals surface area contributed by atoms with E-state index in [4.69, 9.17) is 4.74 Å². The van der Waals surface area contributed by atoms with Crippen LogP contribution < -0.4 is 20.9 Å². The van der Waals surface area contributed by atoms with E-state index in [9.17, 15) is 13.6 Å². The summed E-state index contributed by atoms with van der Waals surface area (Å²) in [5, 5.41) is 2.47. The Balaban J connectivity index is 1.65. The molecule has 5 nitrogen and oxygen atoms in total. The van der Waals surface area contributed by atoms with E-state index in [0.717, 1.165) is 23.4 Å². The number of hydrazine groups is 1. The maximum absolute atomic E-state index is 13.6. The Bertz CT molecular complexity index is 754. The number of carbonyl (C=O) groups excluding carboxylic acids is 1. The lowest BCUT2D eigenvalue weighted by Crippen LogP contribution is -2.39. The first-order chi connectivity index (χ1) is 11.6. The molecule has 1 fully saturated rings. The molecule has 1 saturated heterocycles. The summed E-state index contributed by atoms with van der Waals surface area (Å²) in [6.45, 7) is 0. The van der Waals surface area contributed by atoms with Crippen LogP contribution in [0.15, 0.2) is 42.5 Å². The van der Waals surface area contributed by atoms with Gasteiger partial charge < -0.3 is 10.1 Å². The summed E-state index contributed by atoms with van der Waals surface area (Å²) in [4.78, 5) is 12.3. The Morgan fingerprint density at radius 2 is 2.04 bits per heavy atom. The minimum absolute atomic E-state index is 0.0481. The van der Waals surface area contributed by atoms with Gasteiger partial charge in [-0.2, -0.15) is 0 Å². The van der Waals surface area contributed by atoms with E-state index in [1.165, 1.54) is 6.07 Å². The van der Waals surface area contributed by atoms with E-state index in [1.54, 1.807) is 7.11 Å². The molecule has 2 aromatic rings. The third kappa shape index (κ3) is 3.52. The fraction of sp³-hybridized carbons (Fsp3) is 0.235. The number of benzene rings is 2. The smallest absolute Gasteiger partial charge is 0.243 e. The number of carbonyl (C=O) groups is 1. The van der Waals surface area contributed by atoms with Crippen molar-refractivity contribution in [1.82, 2.24) is 10.9 Å². The molecule has 0 spiro atoms. The number of amides is 1. The van der Waals surface area contributed by atoms with Crippen molar-refractivity contribution in [3.63, 3.8) is 0 Å². The third-order valence-corrected chi connectivity index (χ3v) is 3.90. The fourth-order valence-electron chi connectivity index (χ4n) is 2.62. The van der Waals surface area contributed by atoms with Crippen LogP contribution in [0, 0.1) is 11.6 Å². The van der Waals surface area contributed by atoms with E-state index >= 15 is 0 Å². The molecule has 1 heterocycles. The zero-order valence-electron chi connectivity index (χ0n) is 13.0. The van der Waals surface area contributed by atoms with Crippen LogP contribution in [0.2, 0.25) is 0 Å². The van der Waals surface area contributed by atoms with Crippen LogP contribution in [-0.2, 0) is 4.79 Å². The second kappa shape index (κ2) is 6.94. The maximum Gasteiger partial charge on any atom is 0.243 e. The first-order valence-corrected chi connectivity index (χ1v) is 7.48. The van der Waals surface area contributed by atoms with Crippen molar-refractivity contribution in [3.05, 3.63) is 59.7 Å². The van der Waals surface area contributed by atoms with Gasteiger partial charge in [0.25, 0.3) is 0 Å². The summed E-state index contributed by atoms with van der Waals surface area (Å²) in [5.41, 5.74) is 6.87. The van der Waals surface area contributed by atoms with Crippen molar-refractivity contribution < 1.29 is 18.3 Å². The highest BCUT2D eigenvalue weighted by Gasteiger charge is 2.30. The number of ether oxygens (including phenoxy) is 1. The largest absolute Gasteiger partial charge is 0.497 e. The van der Waals surface area contributed by atoms with Crippen molar-refractivity contribution in [1.29, 1.82) is 0 Å². The van der Waals surface area contributed by atoms with Gasteiger partial charge in [-0.1, -0.05) is 12.1 Å². The lowest BCUT2D eigenvalue weighted by atomic mass is 10.0. The molecule has 7 heteroatoms. The van der Waals surface area contributed by atoms with Crippen molar-refractivity contribution >= 4 is 11.6 Å². The van der Waals surface area contributed by atoms with Crippen LogP contribution in [-0.4, -0.2) is 19.1 Å². The van der Waals surface area contributed by atoms with E-state index in [2.05, 4.69) is 16.2 Å². The molecule has 3 N–H and O–H groups in total. The fourth-order valence-corrected chi connectivity index (χ4v) is 2.62. The van der Waals surface area contributed by atoms with Crippen LogP contribution in [0.3, 0.4) is 0 Å². The summed E-state index contributed by atoms with van der Waals surface area (Å²) in [6, 6.07) is 9.95. The molecule has 0 aliphatic carbocycles. The average Bonchev–Trinajstić information content (AvgIpc) is 3.07. The summed E-state index contributed by atoms with van der Waals surface area (Å²) in [7, 11) is 1.59. The molecule has 3 rings (SSSR count). The standard InChI is InChI=1S/C17H17F2N3O2/c1-24-12-4-2-3-10(7-12)15-9-16(22-21-15)17(23)20-14-6-5-11(18)8-13(14)19/h2-8,15-16,21-22H,9H2,1H3,(H,20,23). The van der Waals surface area contributed by atoms with Gasteiger partial charge in [0.05, 0.1) is 12.8 Å². The van der Waals surface area contributed by atoms with Crippen molar-refractivity contribution in [2.75, 3.05) is 12.4 Å². The summed E-state index contributed by atoms with van der Waals surface area (Å²) >= 11 is 0. The Morgan fingerprint density at radius 3 is 2.79 bits per heavy atom. The molecule has 1 aliphatic rings. The number of methoxy groups -OCH3 is 1. The van der Waals surface area contributed by atoms with Crippen LogP contribution in [0.4, 0.5) is 14.5 Å². The number of hydrogen-bond donors (Lipinski definition) is 3. The summed E-state index contributed by atoms with van der Waals surface area (Å²) in [5.74, 6) is -1.16. The summed E-state index contributed by atoms with van der Waals surface area (Å²) < 4.78 is 31.7. The lowest BCUT2D eigenvalue weighted by Gasteiger charge is -2.12. The highest BCUT2D eigenvalue weighted by molar-refractivity contribution is 5.95. The molecule has 0 radical (unpaired) electrons. The highest BCUT2D eigenvalue weighted by Crippen LogP contribution is 2.26. The second-order valence-corrected chi connectivity index (χ2v) is 5.52. The van der Waals surface area contributed by atoms with Gasteiger partial charge in [-0.3, -0.25) is 4.79 Å². The van der Waals surface area contributed by atoms with E-state index in [0.29, 0.717) is 6.42 Å². The molecule has 2 aromatic carbocycles. The number of halogens is 2. The molecule has 0 saturated carbocycles. The van der Waals surface area contributed by atoms with Crippen molar-refractivity contribution in [3.8, 4) is 5.75 Å². The topological polar surface area (TPSA) is 62.4 Å². The molecule has 1 aliphatic heterocycles. The van der Waals surface area contributed by atoms with Crippen LogP contribution in [0.1, 0.15) is 18.0 Å². The van der Waals surface area contributed by atoms with E-state index in [-0.39, 0.29) is 11.7 Å². The average molecular weight is 333 g/mol. The van der Waals surface area contributed by atoms with Gasteiger partial charge in [-0.15, -0.1) is 0 Å². The van der Waals surface area contributed by atoms with Crippen molar-refractivity contribution in [2.45, 2.75) is 18.5 Å². The number of rotatable bonds is 4. The second-order valence-electron chi connectivity index (χ2n) is 5.52. The molecule has 24 heavy (non-hydrogen) atoms. The highest BCUT2D eigenvalue weighted by atomic mass is 19.1. The zero-order valence-corrected chi connectivity index (χ0v) is 13.0. The molecular formula is C17H17F2N3O2. The minimum atomic E-state index is -0.807. The van der Waals surface area contributed by atoms with E-state index < -0.39 is 23.6 Å². The van der Waals surface area contributed by atoms with E-state index in [1.807, 2.05) is 24.3 Å². The normalized spacial score (nSPS) is 20.0. The minimum Gasteiger partial charge on any atom is -0.497 e. The third-order valence-electron chi connectivity index (χ3n) is 3.90. The first-order valence-electron chi connectivity index (χ1n) is 7.48. The van der Waals surface area contributed by atoms with Gasteiger partial charge in [0.2, 0.25) is 5.91 Å². The van der Waals surface area contributed by atoms with Gasteiger partial charge in [0, 0.05) is 12.1 Å². The molecular weight excluding hydrogens is 316 g/mol. The van der Waals surface area contributed by atoms with Gasteiger partial charge >= 0.3 is 0 Å². The SMILES string of the molecule is COc1cccc(C2CC(C(=O)Nc3ccc(F)cc3F)NN2)c1. The molecule has 2 atom stereocenters. The molecule has 0 aromatic heterocycles. The Hall–Kier alpha value is -2.51. The van der Waals surface area contributed by atoms with Crippen LogP contribution in [0.25, 0.3) is 0 Å². The first kappa shape index (κ1) is 16.4. The molecule has 2 unspecified atom stereocenters. The lowest BCUT2D eigenvalue weighted by molar-refractivity contribution is -0.117. The predicted octanol–water partition coefficient (Wildman–Crippen LogP) is 2.52. The Labute approximate surface area is 138 Å². The maximum atomic E-state index is 13.6. The zero-order chi connectivity index (χ0) is 17.1. The molecule has 0 bridgehead atoms. The van der Waals surface area contributed by atoms with Gasteiger partial charge in [0.1, 0.15) is 23.4 Å². The van der Waals surface area contributed by atoms with Crippen LogP contribution in [0.5, 0.6) is 5.75 Å². The van der Waals surface area contributed by atoms with Gasteiger partial charge in [-0.25, -0.2) is 19.6 Å². The van der Waals surface area contributed by atoms with Crippen molar-refractivity contribution in [2.24, 2.45) is 0 Å². The number of hydrogen-bond acceptors (Lipinski definition) is 4. The predicted molar refractivity (Wildman–Crippen MR) is 85.4 cm³/mol. The monoisotopic (exact) mass is 333 g/mol. The van der Waals surface area contributed by atoms with Gasteiger partial charge in [-0.05, 0) is 36.2 Å². The molecule has 126 valence electrons. The number of nitrogens with one attached hydrogen (secondary N) is 3. The Morgan fingerprint density at radius 1 is 1.21 bits per heavy atom. The quantitative estimate of drug-likeness (QED) is 0.805. The molecule has 1 amide bonds. The van der Waals surface area contributed by atoms with Gasteiger partial charge in [0.15, 0.2) is 0 Å². The number of anilines is 1. The summed E-state index contributed by atoms with van der Waals surface area (Å²) in [6.07, 6.45) is 0.488. The Kier molecular flexibility index (Phi) is 4.73. The van der Waals surface area contributed by atoms with Crippen LogP contribution >= 0.6 is 0 Å².